The second kappa shape index (κ2) is 14.3. The fraction of sp³-hybridized carbons (Fsp3) is 0.378. The number of hydrogen-bond donors (Lipinski definition) is 10. The number of phenols is 1. The molecule has 7 rings (SSSR count). The van der Waals surface area contributed by atoms with Crippen molar-refractivity contribution in [1.82, 2.24) is 21.3 Å². The lowest BCUT2D eigenvalue weighted by molar-refractivity contribution is -0.674. The molecule has 18 heteroatoms. The van der Waals surface area contributed by atoms with Crippen LogP contribution in [0.4, 0.5) is 13.6 Å². The van der Waals surface area contributed by atoms with Crippen LogP contribution in [-0.4, -0.2) is 93.6 Å². The number of aliphatic hydroxyl groups is 2. The molecule has 16 nitrogen and oxygen atoms in total. The Morgan fingerprint density at radius 2 is 1.78 bits per heavy atom. The van der Waals surface area contributed by atoms with E-state index in [0.29, 0.717) is 48.2 Å². The molecule has 0 aromatic heterocycles. The van der Waals surface area contributed by atoms with Crippen molar-refractivity contribution in [2.75, 3.05) is 26.2 Å². The largest absolute Gasteiger partial charge is 0.505 e. The van der Waals surface area contributed by atoms with Crippen LogP contribution in [0.5, 0.6) is 5.75 Å². The summed E-state index contributed by atoms with van der Waals surface area (Å²) in [5, 5.41) is 43.4. The molecule has 12 N–H and O–H groups in total. The number of aryl methyl sites for hydroxylation is 1. The molecule has 0 saturated carbocycles. The Balaban J connectivity index is 0.871. The lowest BCUT2D eigenvalue weighted by atomic mass is 9.87. The normalized spacial score (nSPS) is 21.1. The number of carbonyl (C=O) groups excluding carboxylic acids is 2. The number of alkyl carbamates (subject to hydrolysis) is 1. The van der Waals surface area contributed by atoms with E-state index in [-0.39, 0.29) is 59.7 Å². The molecular weight excluding hydrogens is 722 g/mol. The fourth-order valence-electron chi connectivity index (χ4n) is 7.81. The standard InChI is InChI=1S/C37H40F2N8O8/c1-18-12-19(6-7-20(18)30-21-13-23(38)26(48)15-28(21)55-29-16-27(49)24(39)14-22(29)30)32(50)42-9-4-2-3-5-10-43-35(51)54-17-25-31-37(46-33(40)45-31)36(52,53)8-11-47(37)34(41)44-25/h6-7,12-16,25,31,52-53H,2-5,8-11,17H2,1H3,(H8,40,41,42,43,44,45,46,48,49,50,51)/p+2/t25?,31-,37-/m0/s1. The van der Waals surface area contributed by atoms with E-state index in [4.69, 9.17) is 20.6 Å². The number of aromatic hydroxyl groups is 1. The van der Waals surface area contributed by atoms with Gasteiger partial charge in [-0.1, -0.05) is 18.9 Å². The molecule has 1 aliphatic carbocycles. The number of fused-ring (bicyclic) bond motifs is 2. The Labute approximate surface area is 312 Å². The van der Waals surface area contributed by atoms with Gasteiger partial charge in [0.1, 0.15) is 24.0 Å². The first-order chi connectivity index (χ1) is 26.2. The first-order valence-corrected chi connectivity index (χ1v) is 17.9. The van der Waals surface area contributed by atoms with Crippen molar-refractivity contribution in [1.29, 1.82) is 0 Å². The predicted octanol–water partition coefficient (Wildman–Crippen LogP) is -0.680. The maximum atomic E-state index is 14.5. The van der Waals surface area contributed by atoms with Gasteiger partial charge in [-0.05, 0) is 55.2 Å². The molecule has 1 saturated heterocycles. The molecule has 290 valence electrons. The topological polar surface area (TPSA) is 251 Å². The van der Waals surface area contributed by atoms with Gasteiger partial charge in [0.2, 0.25) is 11.2 Å². The SMILES string of the molecule is Cc1cc(C(=O)NCCCCCCNC(=O)OCC2NC(N)=[N+]3CCC(O)(O)[C@@]34NC(N)=[NH+][C@@H]24)ccc1-c1c2cc(F)c(=O)cc-2oc2cc(O)c(F)cc12. The van der Waals surface area contributed by atoms with Gasteiger partial charge in [0.15, 0.2) is 23.4 Å². The van der Waals surface area contributed by atoms with Crippen LogP contribution >= 0.6 is 0 Å². The molecule has 1 fully saturated rings. The Morgan fingerprint density at radius 1 is 1.04 bits per heavy atom. The van der Waals surface area contributed by atoms with E-state index in [1.807, 2.05) is 0 Å². The van der Waals surface area contributed by atoms with Crippen molar-refractivity contribution < 1.29 is 52.4 Å². The Morgan fingerprint density at radius 3 is 2.53 bits per heavy atom. The van der Waals surface area contributed by atoms with Crippen molar-refractivity contribution in [2.24, 2.45) is 11.5 Å². The molecule has 4 aliphatic heterocycles. The summed E-state index contributed by atoms with van der Waals surface area (Å²) < 4.78 is 41.7. The van der Waals surface area contributed by atoms with Crippen molar-refractivity contribution in [2.45, 2.75) is 62.6 Å². The van der Waals surface area contributed by atoms with E-state index in [1.165, 1.54) is 0 Å². The lowest BCUT2D eigenvalue weighted by Crippen LogP contribution is -2.91. The van der Waals surface area contributed by atoms with Gasteiger partial charge in [-0.15, -0.1) is 0 Å². The quantitative estimate of drug-likeness (QED) is 0.0395. The minimum absolute atomic E-state index is 0.0291. The van der Waals surface area contributed by atoms with E-state index < -0.39 is 52.4 Å². The number of rotatable bonds is 11. The highest BCUT2D eigenvalue weighted by atomic mass is 19.1. The highest BCUT2D eigenvalue weighted by Crippen LogP contribution is 2.43. The smallest absolute Gasteiger partial charge is 0.407 e. The average Bonchev–Trinajstić information content (AvgIpc) is 3.63. The first kappa shape index (κ1) is 37.3. The number of hydrogen-bond acceptors (Lipinski definition) is 12. The summed E-state index contributed by atoms with van der Waals surface area (Å²) in [6, 6.07) is 7.84. The van der Waals surface area contributed by atoms with Gasteiger partial charge in [-0.3, -0.25) is 31.4 Å². The number of halogens is 2. The van der Waals surface area contributed by atoms with Crippen LogP contribution in [0.1, 0.15) is 48.0 Å². The second-order valence-electron chi connectivity index (χ2n) is 14.1. The third-order valence-electron chi connectivity index (χ3n) is 10.5. The highest BCUT2D eigenvalue weighted by molar-refractivity contribution is 6.04. The molecule has 1 unspecified atom stereocenters. The number of ether oxygens (including phenoxy) is 1. The summed E-state index contributed by atoms with van der Waals surface area (Å²) in [5.74, 6) is -4.60. The number of guanidine groups is 2. The molecular formula is C37H42F2N8O8+2. The Hall–Kier alpha value is -6.01. The molecule has 5 aliphatic rings. The molecule has 55 heavy (non-hydrogen) atoms. The summed E-state index contributed by atoms with van der Waals surface area (Å²) in [6.45, 7) is 2.67. The highest BCUT2D eigenvalue weighted by Gasteiger charge is 2.74. The third-order valence-corrected chi connectivity index (χ3v) is 10.5. The van der Waals surface area contributed by atoms with Crippen molar-refractivity contribution in [3.63, 3.8) is 0 Å². The van der Waals surface area contributed by atoms with Gasteiger partial charge in [0.25, 0.3) is 11.6 Å². The maximum Gasteiger partial charge on any atom is 0.407 e. The summed E-state index contributed by atoms with van der Waals surface area (Å²) in [7, 11) is 0. The molecule has 0 radical (unpaired) electrons. The minimum atomic E-state index is -2.15. The average molecular weight is 765 g/mol. The van der Waals surface area contributed by atoms with E-state index in [0.717, 1.165) is 37.1 Å². The fourth-order valence-corrected chi connectivity index (χ4v) is 7.81. The zero-order valence-electron chi connectivity index (χ0n) is 29.8. The number of nitrogens with two attached hydrogens (primary N) is 2. The van der Waals surface area contributed by atoms with Crippen molar-refractivity contribution in [3.05, 3.63) is 75.4 Å². The van der Waals surface area contributed by atoms with Crippen molar-refractivity contribution in [3.8, 4) is 28.2 Å². The van der Waals surface area contributed by atoms with Gasteiger partial charge < -0.3 is 35.1 Å². The number of nitrogens with one attached hydrogen (secondary N) is 5. The van der Waals surface area contributed by atoms with Gasteiger partial charge >= 0.3 is 18.0 Å². The van der Waals surface area contributed by atoms with Crippen LogP contribution in [0.25, 0.3) is 33.4 Å². The van der Waals surface area contributed by atoms with E-state index in [1.54, 1.807) is 29.7 Å². The number of benzene rings is 3. The van der Waals surface area contributed by atoms with Crippen LogP contribution in [0.15, 0.2) is 51.7 Å². The lowest BCUT2D eigenvalue weighted by Gasteiger charge is -2.40. The molecule has 3 atom stereocenters. The van der Waals surface area contributed by atoms with Crippen LogP contribution in [0.3, 0.4) is 0 Å². The Bertz CT molecular complexity index is 2300. The van der Waals surface area contributed by atoms with Gasteiger partial charge in [0, 0.05) is 53.7 Å². The van der Waals surface area contributed by atoms with Gasteiger partial charge in [0.05, 0.1) is 6.54 Å². The molecule has 2 amide bonds. The summed E-state index contributed by atoms with van der Waals surface area (Å²) in [5.41, 5.74) is 12.1. The number of carbonyl (C=O) groups is 2. The molecule has 2 aromatic rings. The Kier molecular flexibility index (Phi) is 9.72. The number of nitrogens with zero attached hydrogens (tertiary/aromatic N) is 1. The summed E-state index contributed by atoms with van der Waals surface area (Å²) >= 11 is 0. The van der Waals surface area contributed by atoms with Gasteiger partial charge in [-0.2, -0.15) is 0 Å². The van der Waals surface area contributed by atoms with Gasteiger partial charge in [-0.25, -0.2) is 23.5 Å². The maximum absolute atomic E-state index is 14.5. The summed E-state index contributed by atoms with van der Waals surface area (Å²) in [6.07, 6.45) is 2.30. The monoisotopic (exact) mass is 764 g/mol. The minimum Gasteiger partial charge on any atom is -0.505 e. The van der Waals surface area contributed by atoms with Crippen LogP contribution in [0, 0.1) is 18.6 Å². The molecule has 0 bridgehead atoms. The van der Waals surface area contributed by atoms with E-state index in [2.05, 4.69) is 26.3 Å². The van der Waals surface area contributed by atoms with E-state index >= 15 is 0 Å². The predicted molar refractivity (Wildman–Crippen MR) is 194 cm³/mol. The number of amides is 2. The zero-order valence-corrected chi connectivity index (χ0v) is 29.8. The summed E-state index contributed by atoms with van der Waals surface area (Å²) in [4.78, 5) is 40.5. The van der Waals surface area contributed by atoms with Crippen LogP contribution in [-0.2, 0) is 4.74 Å². The first-order valence-electron chi connectivity index (χ1n) is 17.9. The number of unbranched alkanes of at least 4 members (excludes halogenated alkanes) is 3. The molecule has 1 spiro atoms. The number of phenolic OH excluding ortho intramolecular Hbond substituents is 1. The third kappa shape index (κ3) is 6.71. The zero-order chi connectivity index (χ0) is 39.2. The molecule has 2 aromatic carbocycles. The second-order valence-corrected chi connectivity index (χ2v) is 14.1. The molecule has 4 heterocycles. The van der Waals surface area contributed by atoms with Crippen LogP contribution in [0.2, 0.25) is 0 Å². The van der Waals surface area contributed by atoms with Crippen molar-refractivity contribution >= 4 is 34.9 Å². The van der Waals surface area contributed by atoms with E-state index in [9.17, 15) is 38.5 Å². The van der Waals surface area contributed by atoms with Crippen LogP contribution < -0.4 is 43.2 Å².